The van der Waals surface area contributed by atoms with Gasteiger partial charge in [0.25, 0.3) is 5.91 Å². The highest BCUT2D eigenvalue weighted by Crippen LogP contribution is 2.10. The number of nitrogens with one attached hydrogen (secondary N) is 1. The second-order valence-electron chi connectivity index (χ2n) is 3.88. The van der Waals surface area contributed by atoms with Crippen LogP contribution >= 0.6 is 12.4 Å². The van der Waals surface area contributed by atoms with Crippen molar-refractivity contribution < 1.29 is 9.18 Å². The number of hydrogen-bond acceptors (Lipinski definition) is 2. The van der Waals surface area contributed by atoms with E-state index in [1.54, 1.807) is 17.0 Å². The number of nitrogens with zero attached hydrogens (tertiary/aromatic N) is 1. The van der Waals surface area contributed by atoms with Crippen LogP contribution in [0.2, 0.25) is 0 Å². The van der Waals surface area contributed by atoms with Gasteiger partial charge in [0, 0.05) is 19.6 Å². The molecule has 0 saturated carbocycles. The number of rotatable bonds is 1. The fourth-order valence-corrected chi connectivity index (χ4v) is 1.85. The summed E-state index contributed by atoms with van der Waals surface area (Å²) < 4.78 is 13.4. The SMILES string of the molecule is Cl.O=C(c1ccccc1F)N1CCCNCC1. The highest BCUT2D eigenvalue weighted by Gasteiger charge is 2.19. The van der Waals surface area contributed by atoms with Gasteiger partial charge in [0.2, 0.25) is 0 Å². The molecule has 0 aromatic heterocycles. The van der Waals surface area contributed by atoms with E-state index in [2.05, 4.69) is 5.32 Å². The molecule has 1 aliphatic heterocycles. The molecule has 3 nitrogen and oxygen atoms in total. The molecule has 0 atom stereocenters. The van der Waals surface area contributed by atoms with Gasteiger partial charge in [-0.25, -0.2) is 4.39 Å². The lowest BCUT2D eigenvalue weighted by molar-refractivity contribution is 0.0761. The first-order valence-corrected chi connectivity index (χ1v) is 5.53. The van der Waals surface area contributed by atoms with Crippen molar-refractivity contribution in [2.75, 3.05) is 26.2 Å². The van der Waals surface area contributed by atoms with E-state index in [0.717, 1.165) is 19.5 Å². The van der Waals surface area contributed by atoms with Crippen LogP contribution in [0, 0.1) is 5.82 Å². The first-order chi connectivity index (χ1) is 7.79. The van der Waals surface area contributed by atoms with Crippen LogP contribution < -0.4 is 5.32 Å². The van der Waals surface area contributed by atoms with Crippen molar-refractivity contribution in [2.24, 2.45) is 0 Å². The highest BCUT2D eigenvalue weighted by atomic mass is 35.5. The largest absolute Gasteiger partial charge is 0.337 e. The highest BCUT2D eigenvalue weighted by molar-refractivity contribution is 5.94. The van der Waals surface area contributed by atoms with E-state index in [4.69, 9.17) is 0 Å². The van der Waals surface area contributed by atoms with Gasteiger partial charge in [-0.05, 0) is 25.1 Å². The maximum absolute atomic E-state index is 13.4. The molecule has 0 unspecified atom stereocenters. The average molecular weight is 259 g/mol. The molecule has 1 aromatic carbocycles. The molecular formula is C12H16ClFN2O. The lowest BCUT2D eigenvalue weighted by atomic mass is 10.2. The molecule has 17 heavy (non-hydrogen) atoms. The second-order valence-corrected chi connectivity index (χ2v) is 3.88. The van der Waals surface area contributed by atoms with E-state index < -0.39 is 5.82 Å². The topological polar surface area (TPSA) is 32.3 Å². The number of hydrogen-bond donors (Lipinski definition) is 1. The summed E-state index contributed by atoms with van der Waals surface area (Å²) in [6, 6.07) is 6.14. The maximum atomic E-state index is 13.4. The van der Waals surface area contributed by atoms with Gasteiger partial charge >= 0.3 is 0 Å². The van der Waals surface area contributed by atoms with E-state index >= 15 is 0 Å². The van der Waals surface area contributed by atoms with E-state index in [-0.39, 0.29) is 23.9 Å². The molecule has 0 spiro atoms. The summed E-state index contributed by atoms with van der Waals surface area (Å²) in [6.07, 6.45) is 0.917. The molecule has 1 fully saturated rings. The number of benzene rings is 1. The van der Waals surface area contributed by atoms with Crippen LogP contribution in [-0.2, 0) is 0 Å². The van der Waals surface area contributed by atoms with Gasteiger partial charge in [-0.3, -0.25) is 4.79 Å². The molecule has 0 aliphatic carbocycles. The molecule has 1 saturated heterocycles. The normalized spacial score (nSPS) is 15.9. The monoisotopic (exact) mass is 258 g/mol. The summed E-state index contributed by atoms with van der Waals surface area (Å²) in [7, 11) is 0. The summed E-state index contributed by atoms with van der Waals surface area (Å²) in [5.74, 6) is -0.647. The Bertz CT molecular complexity index is 379. The van der Waals surface area contributed by atoms with Crippen molar-refractivity contribution in [3.63, 3.8) is 0 Å². The Kier molecular flexibility index (Phi) is 5.38. The second kappa shape index (κ2) is 6.57. The van der Waals surface area contributed by atoms with Crippen LogP contribution in [0.25, 0.3) is 0 Å². The predicted octanol–water partition coefficient (Wildman–Crippen LogP) is 1.68. The van der Waals surface area contributed by atoms with E-state index in [1.807, 2.05) is 0 Å². The summed E-state index contributed by atoms with van der Waals surface area (Å²) in [5, 5.41) is 3.21. The van der Waals surface area contributed by atoms with Crippen molar-refractivity contribution in [3.8, 4) is 0 Å². The molecule has 5 heteroatoms. The van der Waals surface area contributed by atoms with E-state index in [9.17, 15) is 9.18 Å². The summed E-state index contributed by atoms with van der Waals surface area (Å²) >= 11 is 0. The van der Waals surface area contributed by atoms with Crippen LogP contribution in [-0.4, -0.2) is 37.0 Å². The fourth-order valence-electron chi connectivity index (χ4n) is 1.85. The number of amides is 1. The van der Waals surface area contributed by atoms with Gasteiger partial charge in [0.05, 0.1) is 5.56 Å². The van der Waals surface area contributed by atoms with E-state index in [0.29, 0.717) is 13.1 Å². The summed E-state index contributed by atoms with van der Waals surface area (Å²) in [5.41, 5.74) is 0.171. The zero-order chi connectivity index (χ0) is 11.4. The van der Waals surface area contributed by atoms with Crippen LogP contribution in [0.1, 0.15) is 16.8 Å². The lowest BCUT2D eigenvalue weighted by Crippen LogP contribution is -2.34. The predicted molar refractivity (Wildman–Crippen MR) is 67.0 cm³/mol. The summed E-state index contributed by atoms with van der Waals surface area (Å²) in [4.78, 5) is 13.7. The number of carbonyl (C=O) groups is 1. The van der Waals surface area contributed by atoms with Gasteiger partial charge in [-0.1, -0.05) is 12.1 Å². The Labute approximate surface area is 106 Å². The fraction of sp³-hybridized carbons (Fsp3) is 0.417. The van der Waals surface area contributed by atoms with Crippen molar-refractivity contribution in [1.82, 2.24) is 10.2 Å². The minimum absolute atomic E-state index is 0. The van der Waals surface area contributed by atoms with Gasteiger partial charge in [-0.2, -0.15) is 0 Å². The minimum atomic E-state index is -0.440. The van der Waals surface area contributed by atoms with Gasteiger partial charge in [-0.15, -0.1) is 12.4 Å². The van der Waals surface area contributed by atoms with Gasteiger partial charge in [0.15, 0.2) is 0 Å². The van der Waals surface area contributed by atoms with Crippen LogP contribution in [0.5, 0.6) is 0 Å². The van der Waals surface area contributed by atoms with Crippen LogP contribution in [0.3, 0.4) is 0 Å². The third-order valence-corrected chi connectivity index (χ3v) is 2.73. The quantitative estimate of drug-likeness (QED) is 0.831. The molecule has 2 rings (SSSR count). The molecule has 1 aromatic rings. The molecule has 1 heterocycles. The van der Waals surface area contributed by atoms with Crippen molar-refractivity contribution in [3.05, 3.63) is 35.6 Å². The first-order valence-electron chi connectivity index (χ1n) is 5.53. The summed E-state index contributed by atoms with van der Waals surface area (Å²) in [6.45, 7) is 3.04. The van der Waals surface area contributed by atoms with Gasteiger partial charge in [0.1, 0.15) is 5.82 Å². The third-order valence-electron chi connectivity index (χ3n) is 2.73. The van der Waals surface area contributed by atoms with Crippen molar-refractivity contribution >= 4 is 18.3 Å². The Balaban J connectivity index is 0.00000144. The molecule has 0 radical (unpaired) electrons. The standard InChI is InChI=1S/C12H15FN2O.ClH/c13-11-5-2-1-4-10(11)12(16)15-8-3-6-14-7-9-15;/h1-2,4-5,14H,3,6-9H2;1H. The zero-order valence-corrected chi connectivity index (χ0v) is 10.3. The molecule has 1 amide bonds. The Morgan fingerprint density at radius 2 is 2.00 bits per heavy atom. The Morgan fingerprint density at radius 3 is 2.76 bits per heavy atom. The smallest absolute Gasteiger partial charge is 0.256 e. The van der Waals surface area contributed by atoms with Crippen molar-refractivity contribution in [1.29, 1.82) is 0 Å². The average Bonchev–Trinajstić information content (AvgIpc) is 2.57. The minimum Gasteiger partial charge on any atom is -0.337 e. The van der Waals surface area contributed by atoms with Crippen molar-refractivity contribution in [2.45, 2.75) is 6.42 Å². The molecule has 1 aliphatic rings. The lowest BCUT2D eigenvalue weighted by Gasteiger charge is -2.20. The maximum Gasteiger partial charge on any atom is 0.256 e. The molecule has 0 bridgehead atoms. The number of carbonyl (C=O) groups excluding carboxylic acids is 1. The molecular weight excluding hydrogens is 243 g/mol. The molecule has 94 valence electrons. The third kappa shape index (κ3) is 3.41. The van der Waals surface area contributed by atoms with E-state index in [1.165, 1.54) is 12.1 Å². The molecule has 1 N–H and O–H groups in total. The number of halogens is 2. The first kappa shape index (κ1) is 13.9. The zero-order valence-electron chi connectivity index (χ0n) is 9.49. The van der Waals surface area contributed by atoms with Gasteiger partial charge < -0.3 is 10.2 Å². The Morgan fingerprint density at radius 1 is 1.24 bits per heavy atom. The van der Waals surface area contributed by atoms with Crippen LogP contribution in [0.15, 0.2) is 24.3 Å². The Hall–Kier alpha value is -1.13. The van der Waals surface area contributed by atoms with Crippen LogP contribution in [0.4, 0.5) is 4.39 Å².